The molecule has 0 aliphatic rings. The number of hydrogen-bond donors (Lipinski definition) is 1. The van der Waals surface area contributed by atoms with E-state index in [-0.39, 0.29) is 11.8 Å². The molecule has 0 saturated heterocycles. The highest BCUT2D eigenvalue weighted by atomic mass is 16.5. The van der Waals surface area contributed by atoms with Gasteiger partial charge in [0.25, 0.3) is 0 Å². The summed E-state index contributed by atoms with van der Waals surface area (Å²) < 4.78 is 5.56. The SMILES string of the molecule is CC(C)Oc1cncc(-c2ccc(C(=O)O)nc2)c1. The fourth-order valence-electron chi connectivity index (χ4n) is 1.60. The molecule has 2 aromatic rings. The first-order chi connectivity index (χ1) is 9.06. The van der Waals surface area contributed by atoms with Gasteiger partial charge in [0, 0.05) is 23.5 Å². The minimum atomic E-state index is -1.04. The summed E-state index contributed by atoms with van der Waals surface area (Å²) in [6, 6.07) is 5.02. The lowest BCUT2D eigenvalue weighted by Crippen LogP contribution is -2.05. The predicted octanol–water partition coefficient (Wildman–Crippen LogP) is 2.63. The van der Waals surface area contributed by atoms with Gasteiger partial charge < -0.3 is 9.84 Å². The zero-order valence-electron chi connectivity index (χ0n) is 10.7. The molecule has 0 spiro atoms. The Morgan fingerprint density at radius 1 is 1.21 bits per heavy atom. The first-order valence-corrected chi connectivity index (χ1v) is 5.87. The minimum Gasteiger partial charge on any atom is -0.489 e. The van der Waals surface area contributed by atoms with Gasteiger partial charge in [0.05, 0.1) is 12.3 Å². The monoisotopic (exact) mass is 258 g/mol. The van der Waals surface area contributed by atoms with Crippen molar-refractivity contribution in [3.05, 3.63) is 42.5 Å². The van der Waals surface area contributed by atoms with E-state index in [1.54, 1.807) is 18.5 Å². The summed E-state index contributed by atoms with van der Waals surface area (Å²) in [4.78, 5) is 18.7. The van der Waals surface area contributed by atoms with Gasteiger partial charge in [0.2, 0.25) is 0 Å². The molecule has 98 valence electrons. The molecule has 0 bridgehead atoms. The standard InChI is InChI=1S/C14H14N2O3/c1-9(2)19-12-5-11(6-15-8-12)10-3-4-13(14(17)18)16-7-10/h3-9H,1-2H3,(H,17,18). The smallest absolute Gasteiger partial charge is 0.354 e. The van der Waals surface area contributed by atoms with Crippen molar-refractivity contribution in [2.75, 3.05) is 0 Å². The largest absolute Gasteiger partial charge is 0.489 e. The Kier molecular flexibility index (Phi) is 3.75. The number of carboxylic acid groups (broad SMARTS) is 1. The molecule has 0 fully saturated rings. The van der Waals surface area contributed by atoms with Gasteiger partial charge in [0.15, 0.2) is 0 Å². The van der Waals surface area contributed by atoms with E-state index in [1.807, 2.05) is 19.9 Å². The van der Waals surface area contributed by atoms with Crippen molar-refractivity contribution >= 4 is 5.97 Å². The Hall–Kier alpha value is -2.43. The van der Waals surface area contributed by atoms with Crippen LogP contribution in [-0.2, 0) is 0 Å². The van der Waals surface area contributed by atoms with Crippen LogP contribution >= 0.6 is 0 Å². The number of rotatable bonds is 4. The van der Waals surface area contributed by atoms with E-state index in [4.69, 9.17) is 9.84 Å². The zero-order chi connectivity index (χ0) is 13.8. The van der Waals surface area contributed by atoms with Crippen LogP contribution in [0.15, 0.2) is 36.8 Å². The topological polar surface area (TPSA) is 72.3 Å². The van der Waals surface area contributed by atoms with Gasteiger partial charge >= 0.3 is 5.97 Å². The molecule has 5 nitrogen and oxygen atoms in total. The molecular weight excluding hydrogens is 244 g/mol. The molecule has 2 rings (SSSR count). The lowest BCUT2D eigenvalue weighted by Gasteiger charge is -2.10. The van der Waals surface area contributed by atoms with Crippen LogP contribution in [0, 0.1) is 0 Å². The first kappa shape index (κ1) is 13.0. The molecular formula is C14H14N2O3. The van der Waals surface area contributed by atoms with Gasteiger partial charge in [-0.05, 0) is 26.0 Å². The van der Waals surface area contributed by atoms with Crippen molar-refractivity contribution in [1.82, 2.24) is 9.97 Å². The average Bonchev–Trinajstić information content (AvgIpc) is 2.38. The summed E-state index contributed by atoms with van der Waals surface area (Å²) in [6.07, 6.45) is 4.91. The van der Waals surface area contributed by atoms with E-state index >= 15 is 0 Å². The van der Waals surface area contributed by atoms with Crippen molar-refractivity contribution in [3.8, 4) is 16.9 Å². The summed E-state index contributed by atoms with van der Waals surface area (Å²) in [7, 11) is 0. The van der Waals surface area contributed by atoms with Gasteiger partial charge in [-0.2, -0.15) is 0 Å². The molecule has 0 unspecified atom stereocenters. The Balaban J connectivity index is 2.28. The number of pyridine rings is 2. The van der Waals surface area contributed by atoms with E-state index < -0.39 is 5.97 Å². The van der Waals surface area contributed by atoms with Crippen molar-refractivity contribution in [2.45, 2.75) is 20.0 Å². The van der Waals surface area contributed by atoms with Crippen LogP contribution in [0.1, 0.15) is 24.3 Å². The van der Waals surface area contributed by atoms with E-state index in [0.717, 1.165) is 11.1 Å². The van der Waals surface area contributed by atoms with Crippen molar-refractivity contribution in [3.63, 3.8) is 0 Å². The van der Waals surface area contributed by atoms with Crippen LogP contribution in [0.3, 0.4) is 0 Å². The summed E-state index contributed by atoms with van der Waals surface area (Å²) in [5, 5.41) is 8.79. The summed E-state index contributed by atoms with van der Waals surface area (Å²) in [5.41, 5.74) is 1.65. The number of aromatic carboxylic acids is 1. The third kappa shape index (κ3) is 3.28. The maximum atomic E-state index is 10.7. The number of ether oxygens (including phenoxy) is 1. The number of carboxylic acids is 1. The molecule has 0 radical (unpaired) electrons. The van der Waals surface area contributed by atoms with Gasteiger partial charge in [0.1, 0.15) is 11.4 Å². The highest BCUT2D eigenvalue weighted by Crippen LogP contribution is 2.22. The Morgan fingerprint density at radius 2 is 2.00 bits per heavy atom. The second kappa shape index (κ2) is 5.48. The van der Waals surface area contributed by atoms with Crippen LogP contribution in [0.25, 0.3) is 11.1 Å². The number of aromatic nitrogens is 2. The van der Waals surface area contributed by atoms with Crippen LogP contribution in [0.5, 0.6) is 5.75 Å². The molecule has 2 heterocycles. The summed E-state index contributed by atoms with van der Waals surface area (Å²) >= 11 is 0. The average molecular weight is 258 g/mol. The Bertz CT molecular complexity index is 579. The highest BCUT2D eigenvalue weighted by molar-refractivity contribution is 5.85. The lowest BCUT2D eigenvalue weighted by molar-refractivity contribution is 0.0690. The molecule has 0 saturated carbocycles. The molecule has 0 aromatic carbocycles. The third-order valence-corrected chi connectivity index (χ3v) is 2.40. The quantitative estimate of drug-likeness (QED) is 0.912. The molecule has 0 amide bonds. The van der Waals surface area contributed by atoms with Crippen LogP contribution in [0.2, 0.25) is 0 Å². The molecule has 19 heavy (non-hydrogen) atoms. The molecule has 0 atom stereocenters. The van der Waals surface area contributed by atoms with Gasteiger partial charge in [-0.3, -0.25) is 4.98 Å². The molecule has 2 aromatic heterocycles. The van der Waals surface area contributed by atoms with E-state index in [2.05, 4.69) is 9.97 Å². The zero-order valence-corrected chi connectivity index (χ0v) is 10.7. The minimum absolute atomic E-state index is 0.0197. The van der Waals surface area contributed by atoms with Crippen molar-refractivity contribution in [2.24, 2.45) is 0 Å². The summed E-state index contributed by atoms with van der Waals surface area (Å²) in [6.45, 7) is 3.88. The van der Waals surface area contributed by atoms with E-state index in [0.29, 0.717) is 5.75 Å². The second-order valence-corrected chi connectivity index (χ2v) is 4.31. The van der Waals surface area contributed by atoms with Crippen molar-refractivity contribution in [1.29, 1.82) is 0 Å². The van der Waals surface area contributed by atoms with Crippen LogP contribution in [0.4, 0.5) is 0 Å². The Labute approximate surface area is 110 Å². The number of carbonyl (C=O) groups is 1. The lowest BCUT2D eigenvalue weighted by atomic mass is 10.1. The third-order valence-electron chi connectivity index (χ3n) is 2.40. The molecule has 0 aliphatic carbocycles. The normalized spacial score (nSPS) is 10.5. The highest BCUT2D eigenvalue weighted by Gasteiger charge is 2.06. The second-order valence-electron chi connectivity index (χ2n) is 4.31. The predicted molar refractivity (Wildman–Crippen MR) is 70.2 cm³/mol. The van der Waals surface area contributed by atoms with E-state index in [1.165, 1.54) is 12.3 Å². The maximum absolute atomic E-state index is 10.7. The fourth-order valence-corrected chi connectivity index (χ4v) is 1.60. The van der Waals surface area contributed by atoms with E-state index in [9.17, 15) is 4.79 Å². The molecule has 5 heteroatoms. The Morgan fingerprint density at radius 3 is 2.58 bits per heavy atom. The number of hydrogen-bond acceptors (Lipinski definition) is 4. The fraction of sp³-hybridized carbons (Fsp3) is 0.214. The number of nitrogens with zero attached hydrogens (tertiary/aromatic N) is 2. The van der Waals surface area contributed by atoms with Gasteiger partial charge in [-0.15, -0.1) is 0 Å². The summed E-state index contributed by atoms with van der Waals surface area (Å²) in [5.74, 6) is -0.364. The van der Waals surface area contributed by atoms with Crippen LogP contribution < -0.4 is 4.74 Å². The van der Waals surface area contributed by atoms with Crippen molar-refractivity contribution < 1.29 is 14.6 Å². The van der Waals surface area contributed by atoms with Gasteiger partial charge in [-0.1, -0.05) is 6.07 Å². The van der Waals surface area contributed by atoms with Crippen LogP contribution in [-0.4, -0.2) is 27.1 Å². The van der Waals surface area contributed by atoms with Gasteiger partial charge in [-0.25, -0.2) is 9.78 Å². The molecule has 1 N–H and O–H groups in total. The first-order valence-electron chi connectivity index (χ1n) is 5.87. The maximum Gasteiger partial charge on any atom is 0.354 e. The molecule has 0 aliphatic heterocycles.